The first-order valence-electron chi connectivity index (χ1n) is 5.55. The van der Waals surface area contributed by atoms with Gasteiger partial charge in [0.15, 0.2) is 0 Å². The summed E-state index contributed by atoms with van der Waals surface area (Å²) < 4.78 is 0. The molecule has 0 saturated heterocycles. The average molecular weight is 190 g/mol. The topological polar surface area (TPSA) is 20.2 Å². The van der Waals surface area contributed by atoms with Gasteiger partial charge in [0.25, 0.3) is 6.92 Å². The highest BCUT2D eigenvalue weighted by Crippen LogP contribution is 2.08. The minimum absolute atomic E-state index is 0.116. The molecule has 1 aromatic carbocycles. The van der Waals surface area contributed by atoms with Crippen LogP contribution in [0.2, 0.25) is 12.6 Å². The van der Waals surface area contributed by atoms with E-state index in [-0.39, 0.29) is 6.92 Å². The van der Waals surface area contributed by atoms with E-state index in [0.717, 1.165) is 25.5 Å². The number of hydrogen-bond donors (Lipinski definition) is 1. The van der Waals surface area contributed by atoms with Crippen LogP contribution < -0.4 is 0 Å². The Balaban J connectivity index is 2.20. The Morgan fingerprint density at radius 3 is 2.50 bits per heavy atom. The molecule has 1 N–H and O–H groups in total. The summed E-state index contributed by atoms with van der Waals surface area (Å²) in [4.78, 5) is 0. The van der Waals surface area contributed by atoms with Crippen LogP contribution in [0.1, 0.15) is 25.3 Å². The Morgan fingerprint density at radius 2 is 1.86 bits per heavy atom. The predicted octanol–water partition coefficient (Wildman–Crippen LogP) is 3.01. The number of benzene rings is 1. The fourth-order valence-corrected chi connectivity index (χ4v) is 1.56. The summed E-state index contributed by atoms with van der Waals surface area (Å²) in [5, 5.41) is 9.64. The Labute approximate surface area is 87.3 Å². The minimum Gasteiger partial charge on any atom is -0.450 e. The van der Waals surface area contributed by atoms with E-state index in [1.54, 1.807) is 0 Å². The molecule has 0 aromatic heterocycles. The summed E-state index contributed by atoms with van der Waals surface area (Å²) in [5.41, 5.74) is 1.32. The molecule has 0 heterocycles. The molecule has 2 heteroatoms. The lowest BCUT2D eigenvalue weighted by molar-refractivity contribution is 0.559. The van der Waals surface area contributed by atoms with Crippen molar-refractivity contribution in [2.24, 2.45) is 0 Å². The van der Waals surface area contributed by atoms with Gasteiger partial charge in [-0.1, -0.05) is 50.1 Å². The lowest BCUT2D eigenvalue weighted by Crippen LogP contribution is -2.12. The van der Waals surface area contributed by atoms with Gasteiger partial charge in [0.2, 0.25) is 0 Å². The number of aryl methyl sites for hydroxylation is 1. The molecule has 1 rings (SSSR count). The normalized spacial score (nSPS) is 10.1. The molecule has 0 amide bonds. The molecular formula is C12H19BO. The summed E-state index contributed by atoms with van der Waals surface area (Å²) in [6.07, 6.45) is 5.14. The van der Waals surface area contributed by atoms with Crippen LogP contribution in [-0.4, -0.2) is 11.9 Å². The Kier molecular flexibility index (Phi) is 5.39. The third-order valence-corrected chi connectivity index (χ3v) is 2.50. The van der Waals surface area contributed by atoms with Crippen molar-refractivity contribution in [2.75, 3.05) is 0 Å². The van der Waals surface area contributed by atoms with Crippen molar-refractivity contribution in [3.63, 3.8) is 0 Å². The van der Waals surface area contributed by atoms with Gasteiger partial charge in [-0.3, -0.25) is 0 Å². The molecular weight excluding hydrogens is 171 g/mol. The second-order valence-electron chi connectivity index (χ2n) is 3.82. The molecule has 0 saturated carbocycles. The second kappa shape index (κ2) is 6.66. The molecule has 0 aliphatic carbocycles. The third-order valence-electron chi connectivity index (χ3n) is 2.50. The smallest absolute Gasteiger partial charge is 0.289 e. The molecule has 1 aromatic rings. The molecule has 0 fully saturated rings. The zero-order valence-corrected chi connectivity index (χ0v) is 8.95. The van der Waals surface area contributed by atoms with E-state index in [2.05, 4.69) is 19.1 Å². The summed E-state index contributed by atoms with van der Waals surface area (Å²) >= 11 is 0. The number of rotatable bonds is 6. The summed E-state index contributed by atoms with van der Waals surface area (Å²) in [5.74, 6) is 0. The first-order valence-corrected chi connectivity index (χ1v) is 5.55. The SMILES string of the molecule is CCCCB(O)CCc1ccccc1. The molecule has 14 heavy (non-hydrogen) atoms. The summed E-state index contributed by atoms with van der Waals surface area (Å²) in [6, 6.07) is 10.4. The first-order chi connectivity index (χ1) is 6.83. The lowest BCUT2D eigenvalue weighted by atomic mass is 9.60. The van der Waals surface area contributed by atoms with Gasteiger partial charge in [0.05, 0.1) is 0 Å². The number of hydrogen-bond acceptors (Lipinski definition) is 1. The molecule has 0 spiro atoms. The zero-order chi connectivity index (χ0) is 10.2. The lowest BCUT2D eigenvalue weighted by Gasteiger charge is -2.05. The van der Waals surface area contributed by atoms with Crippen LogP contribution in [0, 0.1) is 0 Å². The van der Waals surface area contributed by atoms with Crippen LogP contribution in [0.15, 0.2) is 30.3 Å². The fourth-order valence-electron chi connectivity index (χ4n) is 1.56. The van der Waals surface area contributed by atoms with E-state index in [4.69, 9.17) is 0 Å². The van der Waals surface area contributed by atoms with Crippen LogP contribution in [0.5, 0.6) is 0 Å². The molecule has 0 unspecified atom stereocenters. The van der Waals surface area contributed by atoms with Gasteiger partial charge in [-0.25, -0.2) is 0 Å². The van der Waals surface area contributed by atoms with Crippen LogP contribution in [0.3, 0.4) is 0 Å². The van der Waals surface area contributed by atoms with Gasteiger partial charge < -0.3 is 5.02 Å². The summed E-state index contributed by atoms with van der Waals surface area (Å²) in [6.45, 7) is 2.04. The van der Waals surface area contributed by atoms with Gasteiger partial charge in [0, 0.05) is 0 Å². The second-order valence-corrected chi connectivity index (χ2v) is 3.82. The van der Waals surface area contributed by atoms with E-state index >= 15 is 0 Å². The highest BCUT2D eigenvalue weighted by molar-refractivity contribution is 6.50. The van der Waals surface area contributed by atoms with Gasteiger partial charge in [0.1, 0.15) is 0 Å². The van der Waals surface area contributed by atoms with E-state index in [1.807, 2.05) is 18.2 Å². The van der Waals surface area contributed by atoms with E-state index in [0.29, 0.717) is 0 Å². The van der Waals surface area contributed by atoms with Gasteiger partial charge in [-0.2, -0.15) is 0 Å². The van der Waals surface area contributed by atoms with Gasteiger partial charge in [-0.15, -0.1) is 0 Å². The maximum Gasteiger partial charge on any atom is 0.289 e. The fraction of sp³-hybridized carbons (Fsp3) is 0.500. The van der Waals surface area contributed by atoms with Crippen molar-refractivity contribution in [1.29, 1.82) is 0 Å². The van der Waals surface area contributed by atoms with Crippen molar-refractivity contribution in [2.45, 2.75) is 38.8 Å². The van der Waals surface area contributed by atoms with Crippen molar-refractivity contribution < 1.29 is 5.02 Å². The molecule has 0 bridgehead atoms. The first kappa shape index (κ1) is 11.3. The predicted molar refractivity (Wildman–Crippen MR) is 62.6 cm³/mol. The standard InChI is InChI=1S/C12H19BO/c1-2-3-10-13(14)11-9-12-7-5-4-6-8-12/h4-8,14H,2-3,9-11H2,1H3. The monoisotopic (exact) mass is 190 g/mol. The highest BCUT2D eigenvalue weighted by atomic mass is 16.2. The zero-order valence-electron chi connectivity index (χ0n) is 8.95. The summed E-state index contributed by atoms with van der Waals surface area (Å²) in [7, 11) is 0. The van der Waals surface area contributed by atoms with Crippen molar-refractivity contribution in [3.8, 4) is 0 Å². The van der Waals surface area contributed by atoms with E-state index in [9.17, 15) is 5.02 Å². The molecule has 0 radical (unpaired) electrons. The maximum atomic E-state index is 9.64. The average Bonchev–Trinajstić information content (AvgIpc) is 2.25. The number of unbranched alkanes of at least 4 members (excludes halogenated alkanes) is 1. The van der Waals surface area contributed by atoms with E-state index in [1.165, 1.54) is 12.0 Å². The van der Waals surface area contributed by atoms with Crippen molar-refractivity contribution in [1.82, 2.24) is 0 Å². The maximum absolute atomic E-state index is 9.64. The Bertz CT molecular complexity index is 235. The quantitative estimate of drug-likeness (QED) is 0.683. The molecule has 0 aliphatic heterocycles. The Morgan fingerprint density at radius 1 is 1.14 bits per heavy atom. The molecule has 0 atom stereocenters. The van der Waals surface area contributed by atoms with Crippen molar-refractivity contribution >= 4 is 6.92 Å². The van der Waals surface area contributed by atoms with Gasteiger partial charge >= 0.3 is 0 Å². The highest BCUT2D eigenvalue weighted by Gasteiger charge is 2.09. The third kappa shape index (κ3) is 4.47. The van der Waals surface area contributed by atoms with Gasteiger partial charge in [-0.05, 0) is 24.6 Å². The van der Waals surface area contributed by atoms with Crippen LogP contribution in [0.4, 0.5) is 0 Å². The van der Waals surface area contributed by atoms with Crippen LogP contribution >= 0.6 is 0 Å². The van der Waals surface area contributed by atoms with Crippen molar-refractivity contribution in [3.05, 3.63) is 35.9 Å². The molecule has 76 valence electrons. The Hall–Kier alpha value is -0.755. The van der Waals surface area contributed by atoms with Crippen LogP contribution in [0.25, 0.3) is 0 Å². The van der Waals surface area contributed by atoms with Crippen LogP contribution in [-0.2, 0) is 6.42 Å². The van der Waals surface area contributed by atoms with E-state index < -0.39 is 0 Å². The molecule has 0 aliphatic rings. The molecule has 1 nitrogen and oxygen atoms in total. The largest absolute Gasteiger partial charge is 0.450 e. The minimum atomic E-state index is -0.116.